The van der Waals surface area contributed by atoms with Crippen molar-refractivity contribution >= 4 is 29.0 Å². The molecule has 11 heteroatoms. The van der Waals surface area contributed by atoms with Gasteiger partial charge in [-0.2, -0.15) is 13.2 Å². The lowest BCUT2D eigenvalue weighted by Crippen LogP contribution is -2.46. The van der Waals surface area contributed by atoms with Crippen molar-refractivity contribution in [2.75, 3.05) is 36.5 Å². The molecule has 8 nitrogen and oxygen atoms in total. The van der Waals surface area contributed by atoms with E-state index in [9.17, 15) is 22.8 Å². The molecule has 2 heterocycles. The molecule has 2 aliphatic carbocycles. The second-order valence-electron chi connectivity index (χ2n) is 15.9. The van der Waals surface area contributed by atoms with Crippen LogP contribution in [0.25, 0.3) is 0 Å². The van der Waals surface area contributed by atoms with Crippen molar-refractivity contribution in [1.29, 1.82) is 0 Å². The average molecular weight is 726 g/mol. The number of nitrogen functional groups attached to an aromatic ring is 2. The van der Waals surface area contributed by atoms with Crippen molar-refractivity contribution in [3.8, 4) is 0 Å². The quantitative estimate of drug-likeness (QED) is 0.141. The van der Waals surface area contributed by atoms with E-state index >= 15 is 0 Å². The first-order valence-corrected chi connectivity index (χ1v) is 19.9. The van der Waals surface area contributed by atoms with Gasteiger partial charge < -0.3 is 31.3 Å². The van der Waals surface area contributed by atoms with Gasteiger partial charge in [-0.1, -0.05) is 69.6 Å². The van der Waals surface area contributed by atoms with Crippen LogP contribution in [0.2, 0.25) is 0 Å². The Bertz CT molecular complexity index is 1500. The van der Waals surface area contributed by atoms with Crippen LogP contribution in [0.1, 0.15) is 119 Å². The Balaban J connectivity index is 1.00. The van der Waals surface area contributed by atoms with Gasteiger partial charge in [-0.05, 0) is 98.4 Å². The fourth-order valence-electron chi connectivity index (χ4n) is 9.20. The number of carbonyl (C=O) groups is 2. The maximum Gasteiger partial charge on any atom is 0.418 e. The standard InChI is InChI=1S/C41H58F3N5O3/c42-41(43,44)34-24-31(25-35(45)38(34)46)26-37(39(50)48-21-19-30(20-22-48)11-6-10-28-8-2-1-3-9-28)52-23-7-12-29-15-17-33(18-16-29)49-27-32-13-4-5-14-36(32)47-40(49)51/h4-5,13-14,24-25,28-30,33,37H,1-3,6-12,15-23,26-27,45-46H2,(H,47,51)/t29?,33?,37-/m1/s1. The van der Waals surface area contributed by atoms with E-state index in [-0.39, 0.29) is 35.7 Å². The Kier molecular flexibility index (Phi) is 12.9. The molecule has 2 aliphatic heterocycles. The maximum atomic E-state index is 13.9. The molecule has 286 valence electrons. The summed E-state index contributed by atoms with van der Waals surface area (Å²) in [6.07, 6.45) is 12.5. The topological polar surface area (TPSA) is 114 Å². The number of para-hydroxylation sites is 1. The van der Waals surface area contributed by atoms with Gasteiger partial charge in [-0.3, -0.25) is 4.79 Å². The molecule has 1 saturated heterocycles. The van der Waals surface area contributed by atoms with Crippen LogP contribution >= 0.6 is 0 Å². The first kappa shape index (κ1) is 38.3. The zero-order chi connectivity index (χ0) is 36.7. The second-order valence-corrected chi connectivity index (χ2v) is 15.9. The number of piperidine rings is 1. The number of urea groups is 1. The number of ether oxygens (including phenoxy) is 1. The molecule has 3 amide bonds. The molecule has 2 aromatic rings. The lowest BCUT2D eigenvalue weighted by atomic mass is 9.82. The smallest absolute Gasteiger partial charge is 0.397 e. The Morgan fingerprint density at radius 3 is 2.23 bits per heavy atom. The highest BCUT2D eigenvalue weighted by Crippen LogP contribution is 2.38. The number of nitrogens with two attached hydrogens (primary N) is 2. The third-order valence-electron chi connectivity index (χ3n) is 12.3. The number of benzene rings is 2. The highest BCUT2D eigenvalue weighted by molar-refractivity contribution is 5.92. The van der Waals surface area contributed by atoms with E-state index in [1.54, 1.807) is 0 Å². The van der Waals surface area contributed by atoms with Gasteiger partial charge in [0.1, 0.15) is 6.10 Å². The first-order chi connectivity index (χ1) is 25.0. The molecule has 0 unspecified atom stereocenters. The van der Waals surface area contributed by atoms with Crippen molar-refractivity contribution in [2.24, 2.45) is 17.8 Å². The van der Waals surface area contributed by atoms with Crippen LogP contribution in [0.4, 0.5) is 35.0 Å². The monoisotopic (exact) mass is 725 g/mol. The van der Waals surface area contributed by atoms with Gasteiger partial charge in [0, 0.05) is 44.4 Å². The highest BCUT2D eigenvalue weighted by atomic mass is 19.4. The van der Waals surface area contributed by atoms with E-state index in [1.807, 2.05) is 28.0 Å². The third kappa shape index (κ3) is 9.94. The zero-order valence-electron chi connectivity index (χ0n) is 30.6. The molecule has 3 fully saturated rings. The van der Waals surface area contributed by atoms with Crippen LogP contribution < -0.4 is 16.8 Å². The maximum absolute atomic E-state index is 13.9. The van der Waals surface area contributed by atoms with Gasteiger partial charge >= 0.3 is 12.2 Å². The van der Waals surface area contributed by atoms with E-state index in [0.29, 0.717) is 38.1 Å². The van der Waals surface area contributed by atoms with Crippen molar-refractivity contribution in [1.82, 2.24) is 9.80 Å². The fourth-order valence-corrected chi connectivity index (χ4v) is 9.20. The van der Waals surface area contributed by atoms with Crippen molar-refractivity contribution in [3.63, 3.8) is 0 Å². The molecule has 1 atom stereocenters. The van der Waals surface area contributed by atoms with E-state index < -0.39 is 23.5 Å². The molecule has 0 bridgehead atoms. The number of nitrogens with zero attached hydrogens (tertiary/aromatic N) is 2. The van der Waals surface area contributed by atoms with Crippen LogP contribution in [-0.2, 0) is 28.7 Å². The fraction of sp³-hybridized carbons (Fsp3) is 0.659. The molecule has 0 spiro atoms. The summed E-state index contributed by atoms with van der Waals surface area (Å²) in [6.45, 7) is 2.27. The predicted octanol–water partition coefficient (Wildman–Crippen LogP) is 9.17. The minimum Gasteiger partial charge on any atom is -0.397 e. The Morgan fingerprint density at radius 2 is 1.52 bits per heavy atom. The Labute approximate surface area is 307 Å². The molecule has 2 aromatic carbocycles. The number of likely N-dealkylation sites (tertiary alicyclic amines) is 1. The summed E-state index contributed by atoms with van der Waals surface area (Å²) >= 11 is 0. The van der Waals surface area contributed by atoms with Crippen LogP contribution in [0, 0.1) is 17.8 Å². The van der Waals surface area contributed by atoms with Gasteiger partial charge in [0.05, 0.1) is 16.9 Å². The number of alkyl halides is 3. The van der Waals surface area contributed by atoms with Crippen molar-refractivity contribution in [3.05, 3.63) is 53.1 Å². The van der Waals surface area contributed by atoms with Crippen LogP contribution in [0.5, 0.6) is 0 Å². The van der Waals surface area contributed by atoms with Crippen molar-refractivity contribution < 1.29 is 27.5 Å². The normalized spacial score (nSPS) is 22.6. The third-order valence-corrected chi connectivity index (χ3v) is 12.3. The summed E-state index contributed by atoms with van der Waals surface area (Å²) < 4.78 is 47.7. The number of nitrogens with one attached hydrogen (secondary N) is 1. The minimum atomic E-state index is -4.66. The van der Waals surface area contributed by atoms with Gasteiger partial charge in [-0.25, -0.2) is 4.79 Å². The number of fused-ring (bicyclic) bond motifs is 1. The average Bonchev–Trinajstić information content (AvgIpc) is 3.14. The van der Waals surface area contributed by atoms with E-state index in [2.05, 4.69) is 11.4 Å². The molecular weight excluding hydrogens is 667 g/mol. The lowest BCUT2D eigenvalue weighted by Gasteiger charge is -2.39. The lowest BCUT2D eigenvalue weighted by molar-refractivity contribution is -0.145. The molecule has 0 radical (unpaired) electrons. The number of hydrogen-bond acceptors (Lipinski definition) is 5. The van der Waals surface area contributed by atoms with E-state index in [1.165, 1.54) is 57.4 Å². The number of rotatable bonds is 13. The molecule has 4 aliphatic rings. The number of amides is 3. The summed E-state index contributed by atoms with van der Waals surface area (Å²) in [6, 6.07) is 10.5. The number of carbonyl (C=O) groups excluding carboxylic acids is 2. The highest BCUT2D eigenvalue weighted by Gasteiger charge is 2.36. The zero-order valence-corrected chi connectivity index (χ0v) is 30.6. The molecule has 6 rings (SSSR count). The number of anilines is 3. The summed E-state index contributed by atoms with van der Waals surface area (Å²) in [5, 5.41) is 3.03. The van der Waals surface area contributed by atoms with Gasteiger partial charge in [0.2, 0.25) is 0 Å². The van der Waals surface area contributed by atoms with Crippen LogP contribution in [0.15, 0.2) is 36.4 Å². The second kappa shape index (κ2) is 17.6. The first-order valence-electron chi connectivity index (χ1n) is 19.9. The van der Waals surface area contributed by atoms with Gasteiger partial charge in [0.25, 0.3) is 5.91 Å². The van der Waals surface area contributed by atoms with Crippen molar-refractivity contribution in [2.45, 2.75) is 134 Å². The predicted molar refractivity (Wildman–Crippen MR) is 199 cm³/mol. The summed E-state index contributed by atoms with van der Waals surface area (Å²) in [5.41, 5.74) is 12.3. The van der Waals surface area contributed by atoms with E-state index in [0.717, 1.165) is 74.6 Å². The number of hydrogen-bond donors (Lipinski definition) is 3. The summed E-state index contributed by atoms with van der Waals surface area (Å²) in [5.74, 6) is 1.82. The van der Waals surface area contributed by atoms with Gasteiger partial charge in [0.15, 0.2) is 0 Å². The van der Waals surface area contributed by atoms with Crippen LogP contribution in [0.3, 0.4) is 0 Å². The van der Waals surface area contributed by atoms with E-state index in [4.69, 9.17) is 16.2 Å². The molecular formula is C41H58F3N5O3. The SMILES string of the molecule is Nc1cc(C[C@@H](OCCCC2CCC(N3Cc4ccccc4NC3=O)CC2)C(=O)N2CCC(CCCC3CCCCC3)CC2)cc(C(F)(F)F)c1N. The molecule has 0 aromatic heterocycles. The molecule has 52 heavy (non-hydrogen) atoms. The summed E-state index contributed by atoms with van der Waals surface area (Å²) in [7, 11) is 0. The number of halogens is 3. The minimum absolute atomic E-state index is 0.000152. The largest absolute Gasteiger partial charge is 0.418 e. The molecule has 2 saturated carbocycles. The Hall–Kier alpha value is -3.47. The Morgan fingerprint density at radius 1 is 0.865 bits per heavy atom. The van der Waals surface area contributed by atoms with Crippen LogP contribution in [-0.4, -0.2) is 53.6 Å². The van der Waals surface area contributed by atoms with Gasteiger partial charge in [-0.15, -0.1) is 0 Å². The summed E-state index contributed by atoms with van der Waals surface area (Å²) in [4.78, 5) is 30.6. The molecule has 5 N–H and O–H groups in total.